The number of allylic oxidation sites excluding steroid dienone is 2. The summed E-state index contributed by atoms with van der Waals surface area (Å²) in [4.78, 5) is 0. The van der Waals surface area contributed by atoms with Gasteiger partial charge in [0.25, 0.3) is 0 Å². The molecule has 0 amide bonds. The Morgan fingerprint density at radius 3 is 2.71 bits per heavy atom. The molecular weight excluding hydrogens is 283 g/mol. The van der Waals surface area contributed by atoms with E-state index in [4.69, 9.17) is 0 Å². The van der Waals surface area contributed by atoms with Crippen molar-refractivity contribution in [3.05, 3.63) is 11.1 Å². The van der Waals surface area contributed by atoms with E-state index < -0.39 is 0 Å². The smallest absolute Gasteiger partial charge is 0.00177 e. The van der Waals surface area contributed by atoms with Crippen molar-refractivity contribution in [1.82, 2.24) is 0 Å². The first-order valence-electron chi connectivity index (χ1n) is 5.62. The monoisotopic (exact) mass is 306 g/mol. The van der Waals surface area contributed by atoms with Crippen LogP contribution in [0.25, 0.3) is 0 Å². The summed E-state index contributed by atoms with van der Waals surface area (Å²) >= 11 is 0.380. The molecule has 1 heteroatoms. The molecule has 0 fully saturated rings. The average molecular weight is 306 g/mol. The van der Waals surface area contributed by atoms with Crippen LogP contribution in [0.1, 0.15) is 53.4 Å². The van der Waals surface area contributed by atoms with Gasteiger partial charge >= 0.3 is 0 Å². The van der Waals surface area contributed by atoms with Crippen molar-refractivity contribution in [3.8, 4) is 0 Å². The van der Waals surface area contributed by atoms with E-state index in [0.717, 1.165) is 0 Å². The summed E-state index contributed by atoms with van der Waals surface area (Å²) in [5.74, 6) is 0. The Hall–Kier alpha value is 0.340. The second kappa shape index (κ2) is 5.43. The van der Waals surface area contributed by atoms with Crippen molar-refractivity contribution in [2.24, 2.45) is 5.41 Å². The summed E-state index contributed by atoms with van der Waals surface area (Å²) in [5.41, 5.74) is 3.98. The van der Waals surface area contributed by atoms with Crippen molar-refractivity contribution < 1.29 is 0 Å². The summed E-state index contributed by atoms with van der Waals surface area (Å²) < 4.78 is 3.84. The molecule has 0 aromatic carbocycles. The second-order valence-electron chi connectivity index (χ2n) is 4.81. The normalized spacial score (nSPS) is 22.6. The van der Waals surface area contributed by atoms with Crippen LogP contribution < -0.4 is 0 Å². The maximum Gasteiger partial charge on any atom is -0.00177 e. The minimum absolute atomic E-state index is 0.380. The third-order valence-electron chi connectivity index (χ3n) is 3.29. The Labute approximate surface area is 98.9 Å². The minimum Gasteiger partial charge on any atom is -0.127 e. The Kier molecular flexibility index (Phi) is 4.81. The lowest BCUT2D eigenvalue weighted by molar-refractivity contribution is 0.358. The number of alkyl halides is 1. The van der Waals surface area contributed by atoms with Gasteiger partial charge in [0, 0.05) is 0 Å². The molecule has 0 radical (unpaired) electrons. The number of rotatable bonds is 3. The molecule has 0 heterocycles. The highest BCUT2D eigenvalue weighted by Gasteiger charge is 2.27. The molecule has 0 aliphatic heterocycles. The molecule has 1 aliphatic carbocycles. The van der Waals surface area contributed by atoms with Gasteiger partial charge in [-0.2, -0.15) is 0 Å². The molecule has 0 saturated carbocycles. The molecule has 0 atom stereocenters. The van der Waals surface area contributed by atoms with E-state index in [1.54, 1.807) is 11.1 Å². The Morgan fingerprint density at radius 2 is 2.14 bits per heavy atom. The largest absolute Gasteiger partial charge is 0.127 e. The fraction of sp³-hybridized carbons (Fsp3) is 0.769. The van der Waals surface area contributed by atoms with Gasteiger partial charge in [0.1, 0.15) is 0 Å². The van der Waals surface area contributed by atoms with E-state index in [0.29, 0.717) is 26.1 Å². The summed E-state index contributed by atoms with van der Waals surface area (Å²) in [6.45, 7) is 9.42. The Morgan fingerprint density at radius 1 is 1.43 bits per heavy atom. The molecule has 0 nitrogen and oxygen atoms in total. The van der Waals surface area contributed by atoms with Gasteiger partial charge in [-0.05, 0) is 49.4 Å². The average Bonchev–Trinajstić information content (AvgIpc) is 2.09. The third kappa shape index (κ3) is 3.18. The molecule has 1 aliphatic rings. The maximum absolute atomic E-state index is 2.43. The lowest BCUT2D eigenvalue weighted by Gasteiger charge is -2.34. The number of halogens is 1. The quantitative estimate of drug-likeness (QED) is 0.403. The molecule has 0 N–H and O–H groups in total. The van der Waals surface area contributed by atoms with Crippen LogP contribution in [0.15, 0.2) is 11.1 Å². The van der Waals surface area contributed by atoms with Crippen LogP contribution in [-0.2, 0) is 0 Å². The van der Waals surface area contributed by atoms with Crippen molar-refractivity contribution in [2.45, 2.75) is 53.4 Å². The Balaban J connectivity index is 2.69. The van der Waals surface area contributed by atoms with E-state index in [2.05, 4.69) is 31.7 Å². The summed E-state index contributed by atoms with van der Waals surface area (Å²) in [7, 11) is 0. The molecule has 0 bridgehead atoms. The molecule has 0 aromatic rings. The van der Waals surface area contributed by atoms with E-state index in [1.807, 2.05) is 0 Å². The van der Waals surface area contributed by atoms with Gasteiger partial charge in [0.05, 0.1) is 0 Å². The van der Waals surface area contributed by atoms with Crippen LogP contribution in [0.2, 0.25) is 0 Å². The van der Waals surface area contributed by atoms with E-state index in [-0.39, 0.29) is 0 Å². The Bertz CT molecular complexity index is 246. The highest BCUT2D eigenvalue weighted by Crippen LogP contribution is 2.41. The first kappa shape index (κ1) is 12.4. The van der Waals surface area contributed by atoms with Gasteiger partial charge in [0.15, 0.2) is 0 Å². The molecule has 0 spiro atoms. The van der Waals surface area contributed by atoms with Gasteiger partial charge < -0.3 is 0 Å². The standard InChI is InChI=1S/C13H23I/c1-5-14-10-8-12-11(2)7-6-9-13(12,3)4/h5H,6-10H2,1-4H3. The van der Waals surface area contributed by atoms with Gasteiger partial charge in [-0.3, -0.25) is 0 Å². The van der Waals surface area contributed by atoms with Crippen LogP contribution in [-0.4, -0.2) is 8.44 Å². The second-order valence-corrected chi connectivity index (χ2v) is 8.01. The SMILES string of the molecule is CC=ICCC1=C(C)CCCC1(C)C. The molecular formula is C13H23I. The van der Waals surface area contributed by atoms with Crippen LogP contribution >= 0.6 is 20.7 Å². The third-order valence-corrected chi connectivity index (χ3v) is 5.34. The molecule has 14 heavy (non-hydrogen) atoms. The van der Waals surface area contributed by atoms with Crippen LogP contribution in [0.4, 0.5) is 0 Å². The summed E-state index contributed by atoms with van der Waals surface area (Å²) in [6, 6.07) is 0. The zero-order chi connectivity index (χ0) is 10.6. The lowest BCUT2D eigenvalue weighted by Crippen LogP contribution is -2.20. The number of hydrogen-bond acceptors (Lipinski definition) is 0. The van der Waals surface area contributed by atoms with Crippen molar-refractivity contribution >= 4 is 24.7 Å². The van der Waals surface area contributed by atoms with Gasteiger partial charge in [0.2, 0.25) is 0 Å². The molecule has 0 saturated heterocycles. The summed E-state index contributed by atoms with van der Waals surface area (Å²) in [6.07, 6.45) is 5.52. The highest BCUT2D eigenvalue weighted by molar-refractivity contribution is 14.2. The van der Waals surface area contributed by atoms with E-state index >= 15 is 0 Å². The van der Waals surface area contributed by atoms with E-state index in [1.165, 1.54) is 30.1 Å². The van der Waals surface area contributed by atoms with Crippen molar-refractivity contribution in [2.75, 3.05) is 4.43 Å². The first-order valence-corrected chi connectivity index (χ1v) is 8.39. The predicted molar refractivity (Wildman–Crippen MR) is 75.6 cm³/mol. The summed E-state index contributed by atoms with van der Waals surface area (Å²) in [5, 5.41) is 0. The molecule has 1 rings (SSSR count). The molecule has 0 unspecified atom stereocenters. The zero-order valence-electron chi connectivity index (χ0n) is 9.99. The molecule has 82 valence electrons. The predicted octanol–water partition coefficient (Wildman–Crippen LogP) is 4.70. The topological polar surface area (TPSA) is 0 Å². The maximum atomic E-state index is 2.43. The van der Waals surface area contributed by atoms with Crippen molar-refractivity contribution in [3.63, 3.8) is 0 Å². The van der Waals surface area contributed by atoms with Gasteiger partial charge in [-0.15, -0.1) is 20.7 Å². The van der Waals surface area contributed by atoms with Gasteiger partial charge in [-0.25, -0.2) is 0 Å². The van der Waals surface area contributed by atoms with E-state index in [9.17, 15) is 0 Å². The highest BCUT2D eigenvalue weighted by atomic mass is 127. The number of hydrogen-bond donors (Lipinski definition) is 0. The van der Waals surface area contributed by atoms with Crippen LogP contribution in [0, 0.1) is 5.41 Å². The van der Waals surface area contributed by atoms with Crippen LogP contribution in [0.5, 0.6) is 0 Å². The fourth-order valence-electron chi connectivity index (χ4n) is 2.48. The zero-order valence-corrected chi connectivity index (χ0v) is 12.1. The van der Waals surface area contributed by atoms with Crippen LogP contribution in [0.3, 0.4) is 0 Å². The first-order chi connectivity index (χ1) is 6.58. The minimum atomic E-state index is 0.380. The van der Waals surface area contributed by atoms with Gasteiger partial charge in [-0.1, -0.05) is 29.0 Å². The molecule has 0 aromatic heterocycles. The lowest BCUT2D eigenvalue weighted by atomic mass is 9.72. The fourth-order valence-corrected chi connectivity index (χ4v) is 3.96. The van der Waals surface area contributed by atoms with Crippen molar-refractivity contribution in [1.29, 1.82) is 0 Å².